The molecule has 1 heterocycles. The van der Waals surface area contributed by atoms with Crippen LogP contribution in [0, 0.1) is 0 Å². The van der Waals surface area contributed by atoms with Gasteiger partial charge < -0.3 is 5.73 Å². The molecule has 0 amide bonds. The van der Waals surface area contributed by atoms with Gasteiger partial charge in [0, 0.05) is 6.04 Å². The van der Waals surface area contributed by atoms with Crippen molar-refractivity contribution in [1.82, 2.24) is 0 Å². The Morgan fingerprint density at radius 3 is 2.00 bits per heavy atom. The van der Waals surface area contributed by atoms with Gasteiger partial charge in [0.05, 0.1) is 10.5 Å². The van der Waals surface area contributed by atoms with E-state index in [4.69, 9.17) is 5.73 Å². The number of halogens is 1. The van der Waals surface area contributed by atoms with Gasteiger partial charge >= 0.3 is 0 Å². The van der Waals surface area contributed by atoms with Crippen LogP contribution in [0.1, 0.15) is 25.7 Å². The third kappa shape index (κ3) is 1.01. The van der Waals surface area contributed by atoms with Gasteiger partial charge in [0.25, 0.3) is 0 Å². The third-order valence-electron chi connectivity index (χ3n) is 3.14. The lowest BCUT2D eigenvalue weighted by molar-refractivity contribution is 0.407. The molecule has 2 N–H and O–H groups in total. The molecule has 5 heteroatoms. The maximum Gasteiger partial charge on any atom is 0.159 e. The average molecular weight is 212 g/mol. The highest BCUT2D eigenvalue weighted by Gasteiger charge is 2.59. The lowest BCUT2D eigenvalue weighted by atomic mass is 9.98. The molecule has 2 rings (SSSR count). The van der Waals surface area contributed by atoms with E-state index in [9.17, 15) is 8.42 Å². The first kappa shape index (κ1) is 10.3. The first-order valence-corrected chi connectivity index (χ1v) is 5.72. The minimum absolute atomic E-state index is 0. The summed E-state index contributed by atoms with van der Waals surface area (Å²) in [4.78, 5) is 0. The van der Waals surface area contributed by atoms with Crippen molar-refractivity contribution >= 4 is 22.2 Å². The van der Waals surface area contributed by atoms with Crippen molar-refractivity contribution in [3.63, 3.8) is 0 Å². The standard InChI is InChI=1S/C7H13NO2S.ClH/c8-6-5-11(9,10)7(6)3-1-2-4-7;/h6H,1-5,8H2;1H. The maximum absolute atomic E-state index is 11.4. The van der Waals surface area contributed by atoms with Gasteiger partial charge in [0.2, 0.25) is 0 Å². The van der Waals surface area contributed by atoms with E-state index < -0.39 is 14.6 Å². The van der Waals surface area contributed by atoms with Crippen LogP contribution in [0.3, 0.4) is 0 Å². The summed E-state index contributed by atoms with van der Waals surface area (Å²) >= 11 is 0. The molecule has 1 saturated heterocycles. The van der Waals surface area contributed by atoms with Gasteiger partial charge in [-0.3, -0.25) is 0 Å². The van der Waals surface area contributed by atoms with Crippen LogP contribution < -0.4 is 5.73 Å². The number of sulfone groups is 1. The molecule has 0 aromatic rings. The second kappa shape index (κ2) is 2.86. The highest BCUT2D eigenvalue weighted by atomic mass is 35.5. The van der Waals surface area contributed by atoms with E-state index in [1.165, 1.54) is 0 Å². The van der Waals surface area contributed by atoms with E-state index in [2.05, 4.69) is 0 Å². The molecule has 12 heavy (non-hydrogen) atoms. The van der Waals surface area contributed by atoms with E-state index in [0.29, 0.717) is 0 Å². The van der Waals surface area contributed by atoms with E-state index in [0.717, 1.165) is 25.7 Å². The lowest BCUT2D eigenvalue weighted by Gasteiger charge is -2.43. The number of rotatable bonds is 0. The minimum Gasteiger partial charge on any atom is -0.325 e. The molecule has 1 spiro atoms. The van der Waals surface area contributed by atoms with Crippen LogP contribution in [0.25, 0.3) is 0 Å². The second-order valence-electron chi connectivity index (χ2n) is 3.66. The summed E-state index contributed by atoms with van der Waals surface area (Å²) in [5.41, 5.74) is 5.72. The molecule has 1 aliphatic heterocycles. The number of hydrogen-bond acceptors (Lipinski definition) is 3. The highest BCUT2D eigenvalue weighted by molar-refractivity contribution is 7.94. The summed E-state index contributed by atoms with van der Waals surface area (Å²) in [7, 11) is -2.80. The quantitative estimate of drug-likeness (QED) is 0.634. The van der Waals surface area contributed by atoms with Gasteiger partial charge in [0.1, 0.15) is 0 Å². The zero-order chi connectivity index (χ0) is 8.11. The fourth-order valence-corrected chi connectivity index (χ4v) is 4.62. The summed E-state index contributed by atoms with van der Waals surface area (Å²) in [6.45, 7) is 0. The summed E-state index contributed by atoms with van der Waals surface area (Å²) < 4.78 is 22.3. The maximum atomic E-state index is 11.4. The van der Waals surface area contributed by atoms with Crippen LogP contribution in [-0.2, 0) is 9.84 Å². The minimum atomic E-state index is -2.80. The second-order valence-corrected chi connectivity index (χ2v) is 6.04. The van der Waals surface area contributed by atoms with Crippen molar-refractivity contribution in [3.8, 4) is 0 Å². The smallest absolute Gasteiger partial charge is 0.159 e. The first-order valence-electron chi connectivity index (χ1n) is 4.06. The molecule has 2 fully saturated rings. The molecular weight excluding hydrogens is 198 g/mol. The molecule has 0 bridgehead atoms. The topological polar surface area (TPSA) is 60.2 Å². The van der Waals surface area contributed by atoms with Crippen LogP contribution in [0.4, 0.5) is 0 Å². The van der Waals surface area contributed by atoms with Gasteiger partial charge in [-0.15, -0.1) is 12.4 Å². The highest BCUT2D eigenvalue weighted by Crippen LogP contribution is 2.46. The van der Waals surface area contributed by atoms with Crippen LogP contribution in [-0.4, -0.2) is 25.0 Å². The van der Waals surface area contributed by atoms with Gasteiger partial charge in [-0.05, 0) is 12.8 Å². The molecule has 1 atom stereocenters. The molecule has 2 aliphatic rings. The van der Waals surface area contributed by atoms with Crippen LogP contribution in [0.5, 0.6) is 0 Å². The summed E-state index contributed by atoms with van der Waals surface area (Å²) in [6.07, 6.45) is 3.67. The van der Waals surface area contributed by atoms with Crippen molar-refractivity contribution < 1.29 is 8.42 Å². The molecular formula is C7H14ClNO2S. The Morgan fingerprint density at radius 1 is 1.25 bits per heavy atom. The van der Waals surface area contributed by atoms with Crippen LogP contribution in [0.15, 0.2) is 0 Å². The van der Waals surface area contributed by atoms with Gasteiger partial charge in [0.15, 0.2) is 9.84 Å². The van der Waals surface area contributed by atoms with Crippen molar-refractivity contribution in [1.29, 1.82) is 0 Å². The Labute approximate surface area is 79.0 Å². The average Bonchev–Trinajstić information content (AvgIpc) is 2.34. The van der Waals surface area contributed by atoms with E-state index in [-0.39, 0.29) is 24.2 Å². The monoisotopic (exact) mass is 211 g/mol. The molecule has 1 aliphatic carbocycles. The van der Waals surface area contributed by atoms with Crippen molar-refractivity contribution in [3.05, 3.63) is 0 Å². The largest absolute Gasteiger partial charge is 0.325 e. The number of nitrogens with two attached hydrogens (primary N) is 1. The van der Waals surface area contributed by atoms with Crippen LogP contribution in [0.2, 0.25) is 0 Å². The predicted octanol–water partition coefficient (Wildman–Crippen LogP) is 0.477. The zero-order valence-electron chi connectivity index (χ0n) is 6.82. The number of hydrogen-bond donors (Lipinski definition) is 1. The van der Waals surface area contributed by atoms with Crippen molar-refractivity contribution in [2.75, 3.05) is 5.75 Å². The predicted molar refractivity (Wildman–Crippen MR) is 50.2 cm³/mol. The molecule has 1 saturated carbocycles. The Bertz CT molecular complexity index is 269. The van der Waals surface area contributed by atoms with Crippen molar-refractivity contribution in [2.24, 2.45) is 5.73 Å². The molecule has 0 aromatic heterocycles. The van der Waals surface area contributed by atoms with E-state index in [1.54, 1.807) is 0 Å². The molecule has 0 aromatic carbocycles. The Morgan fingerprint density at radius 2 is 1.75 bits per heavy atom. The summed E-state index contributed by atoms with van der Waals surface area (Å²) in [5, 5.41) is 0. The van der Waals surface area contributed by atoms with Gasteiger partial charge in [-0.2, -0.15) is 0 Å². The van der Waals surface area contributed by atoms with Crippen molar-refractivity contribution in [2.45, 2.75) is 36.5 Å². The molecule has 1 unspecified atom stereocenters. The Kier molecular flexibility index (Phi) is 2.45. The van der Waals surface area contributed by atoms with E-state index >= 15 is 0 Å². The lowest BCUT2D eigenvalue weighted by Crippen LogP contribution is -2.66. The Hall–Kier alpha value is 0.200. The Balaban J connectivity index is 0.000000720. The third-order valence-corrected chi connectivity index (χ3v) is 5.89. The van der Waals surface area contributed by atoms with E-state index in [1.807, 2.05) is 0 Å². The first-order chi connectivity index (χ1) is 5.08. The molecule has 3 nitrogen and oxygen atoms in total. The fourth-order valence-electron chi connectivity index (χ4n) is 2.34. The van der Waals surface area contributed by atoms with Gasteiger partial charge in [-0.1, -0.05) is 12.8 Å². The van der Waals surface area contributed by atoms with Crippen LogP contribution >= 0.6 is 12.4 Å². The van der Waals surface area contributed by atoms with Gasteiger partial charge in [-0.25, -0.2) is 8.42 Å². The fraction of sp³-hybridized carbons (Fsp3) is 1.00. The zero-order valence-corrected chi connectivity index (χ0v) is 8.46. The summed E-state index contributed by atoms with van der Waals surface area (Å²) in [5.74, 6) is 0.215. The molecule has 72 valence electrons. The summed E-state index contributed by atoms with van der Waals surface area (Å²) in [6, 6.07) is -0.0741. The normalized spacial score (nSPS) is 35.6. The molecule has 0 radical (unpaired) electrons. The SMILES string of the molecule is Cl.NC1CS(=O)(=O)C12CCCC2.